The average molecular weight is 587 g/mol. The number of aromatic nitrogens is 2. The first kappa shape index (κ1) is 29.0. The van der Waals surface area contributed by atoms with Crippen molar-refractivity contribution in [2.24, 2.45) is 0 Å². The number of para-hydroxylation sites is 1. The fraction of sp³-hybridized carbons (Fsp3) is 0.485. The molecule has 5 heterocycles. The normalized spacial score (nSPS) is 19.6. The first-order valence-corrected chi connectivity index (χ1v) is 15.4. The molecule has 3 aliphatic rings. The number of hydrogen-bond donors (Lipinski definition) is 1. The molecule has 10 nitrogen and oxygen atoms in total. The number of cyclic esters (lactones) is 1. The highest BCUT2D eigenvalue weighted by Gasteiger charge is 2.50. The number of pyridine rings is 2. The highest BCUT2D eigenvalue weighted by Crippen LogP contribution is 2.41. The van der Waals surface area contributed by atoms with Crippen LogP contribution in [0.25, 0.3) is 22.3 Å². The molecule has 0 radical (unpaired) electrons. The van der Waals surface area contributed by atoms with E-state index in [4.69, 9.17) is 14.5 Å². The van der Waals surface area contributed by atoms with E-state index in [1.165, 1.54) is 25.7 Å². The van der Waals surface area contributed by atoms with E-state index in [1.54, 1.807) is 17.6 Å². The number of amides is 1. The first-order chi connectivity index (χ1) is 20.9. The summed E-state index contributed by atoms with van der Waals surface area (Å²) in [6, 6.07) is 11.5. The Morgan fingerprint density at radius 1 is 1.07 bits per heavy atom. The van der Waals surface area contributed by atoms with Gasteiger partial charge in [-0.15, -0.1) is 0 Å². The molecule has 3 aromatic rings. The predicted molar refractivity (Wildman–Crippen MR) is 160 cm³/mol. The van der Waals surface area contributed by atoms with Gasteiger partial charge in [-0.25, -0.2) is 9.78 Å². The summed E-state index contributed by atoms with van der Waals surface area (Å²) in [5.41, 5.74) is 1.50. The topological polar surface area (TPSA) is 120 Å². The lowest BCUT2D eigenvalue weighted by Crippen LogP contribution is -2.47. The lowest BCUT2D eigenvalue weighted by atomic mass is 9.85. The summed E-state index contributed by atoms with van der Waals surface area (Å²) in [7, 11) is 0. The molecule has 0 unspecified atom stereocenters. The second kappa shape index (κ2) is 12.3. The second-order valence-corrected chi connectivity index (χ2v) is 11.7. The van der Waals surface area contributed by atoms with Crippen LogP contribution in [0.4, 0.5) is 0 Å². The van der Waals surface area contributed by atoms with E-state index in [1.807, 2.05) is 30.3 Å². The van der Waals surface area contributed by atoms with E-state index in [2.05, 4.69) is 10.2 Å². The van der Waals surface area contributed by atoms with Gasteiger partial charge in [-0.2, -0.15) is 0 Å². The van der Waals surface area contributed by atoms with Crippen molar-refractivity contribution in [2.75, 3.05) is 26.2 Å². The van der Waals surface area contributed by atoms with Crippen molar-refractivity contribution < 1.29 is 23.9 Å². The fourth-order valence-electron chi connectivity index (χ4n) is 6.52. The van der Waals surface area contributed by atoms with Crippen LogP contribution < -0.4 is 10.9 Å². The third-order valence-electron chi connectivity index (χ3n) is 8.90. The zero-order valence-electron chi connectivity index (χ0n) is 24.7. The molecular formula is C33H38N4O6. The van der Waals surface area contributed by atoms with Gasteiger partial charge < -0.3 is 24.3 Å². The van der Waals surface area contributed by atoms with Crippen LogP contribution in [0.3, 0.4) is 0 Å². The maximum absolute atomic E-state index is 13.7. The van der Waals surface area contributed by atoms with Crippen molar-refractivity contribution in [3.8, 4) is 11.4 Å². The molecule has 1 atom stereocenters. The molecule has 2 aromatic heterocycles. The highest BCUT2D eigenvalue weighted by molar-refractivity contribution is 5.89. The molecule has 1 fully saturated rings. The molecule has 3 aliphatic heterocycles. The van der Waals surface area contributed by atoms with Gasteiger partial charge in [0.1, 0.15) is 6.61 Å². The van der Waals surface area contributed by atoms with Gasteiger partial charge in [-0.1, -0.05) is 38.0 Å². The van der Waals surface area contributed by atoms with Gasteiger partial charge in [0, 0.05) is 29.5 Å². The third kappa shape index (κ3) is 5.68. The van der Waals surface area contributed by atoms with Crippen molar-refractivity contribution >= 4 is 28.7 Å². The van der Waals surface area contributed by atoms with Gasteiger partial charge in [0.05, 0.1) is 35.4 Å². The molecule has 6 rings (SSSR count). The van der Waals surface area contributed by atoms with E-state index in [0.717, 1.165) is 42.5 Å². The van der Waals surface area contributed by atoms with E-state index in [9.17, 15) is 19.2 Å². The number of benzene rings is 1. The Balaban J connectivity index is 1.15. The number of nitrogens with zero attached hydrogens (tertiary/aromatic N) is 3. The standard InChI is InChI=1S/C33H38N4O6/c1-2-33(43-29(39)13-12-28(38)34-14-9-17-36-15-7-3-4-8-16-36)25-19-27-30-23(18-22-10-5-6-11-26(22)35-30)20-37(27)31(40)24(25)21-42-32(33)41/h5-6,10-11,18-19H,2-4,7-9,12-17,20-21H2,1H3,(H,34,38)/t33-/m0/s1. The van der Waals surface area contributed by atoms with Gasteiger partial charge in [-0.05, 0) is 63.5 Å². The maximum Gasteiger partial charge on any atom is 0.355 e. The third-order valence-corrected chi connectivity index (χ3v) is 8.90. The Morgan fingerprint density at radius 3 is 2.65 bits per heavy atom. The maximum atomic E-state index is 13.7. The van der Waals surface area contributed by atoms with Crippen LogP contribution in [0.15, 0.2) is 41.2 Å². The number of carbonyl (C=O) groups excluding carboxylic acids is 3. The number of likely N-dealkylation sites (tertiary alicyclic amines) is 1. The van der Waals surface area contributed by atoms with Crippen LogP contribution in [-0.4, -0.2) is 58.5 Å². The smallest absolute Gasteiger partial charge is 0.355 e. The number of ether oxygens (including phenoxy) is 2. The number of fused-ring (bicyclic) bond motifs is 5. The Morgan fingerprint density at radius 2 is 1.86 bits per heavy atom. The molecule has 226 valence electrons. The second-order valence-electron chi connectivity index (χ2n) is 11.7. The molecule has 0 spiro atoms. The van der Waals surface area contributed by atoms with E-state index in [-0.39, 0.29) is 42.9 Å². The van der Waals surface area contributed by atoms with Crippen LogP contribution in [0.5, 0.6) is 0 Å². The largest absolute Gasteiger partial charge is 0.457 e. The minimum Gasteiger partial charge on any atom is -0.457 e. The lowest BCUT2D eigenvalue weighted by molar-refractivity contribution is -0.189. The molecular weight excluding hydrogens is 548 g/mol. The number of carbonyl (C=O) groups is 3. The Labute approximate surface area is 250 Å². The van der Waals surface area contributed by atoms with Crippen LogP contribution >= 0.6 is 0 Å². The van der Waals surface area contributed by atoms with Gasteiger partial charge in [0.2, 0.25) is 11.5 Å². The molecule has 1 N–H and O–H groups in total. The van der Waals surface area contributed by atoms with Crippen LogP contribution in [0.1, 0.15) is 75.0 Å². The van der Waals surface area contributed by atoms with Crippen molar-refractivity contribution in [1.29, 1.82) is 0 Å². The Kier molecular flexibility index (Phi) is 8.30. The molecule has 0 saturated carbocycles. The summed E-state index contributed by atoms with van der Waals surface area (Å²) >= 11 is 0. The number of hydrogen-bond acceptors (Lipinski definition) is 8. The zero-order valence-corrected chi connectivity index (χ0v) is 24.7. The quantitative estimate of drug-likeness (QED) is 0.232. The zero-order chi connectivity index (χ0) is 30.0. The van der Waals surface area contributed by atoms with Crippen LogP contribution in [0, 0.1) is 0 Å². The van der Waals surface area contributed by atoms with Crippen molar-refractivity contribution in [2.45, 2.75) is 77.0 Å². The summed E-state index contributed by atoms with van der Waals surface area (Å²) in [6.07, 6.45) is 5.71. The monoisotopic (exact) mass is 586 g/mol. The van der Waals surface area contributed by atoms with Crippen LogP contribution in [0.2, 0.25) is 0 Å². The molecule has 1 aromatic carbocycles. The fourth-order valence-corrected chi connectivity index (χ4v) is 6.52. The lowest BCUT2D eigenvalue weighted by Gasteiger charge is -2.35. The Hall–Kier alpha value is -4.05. The van der Waals surface area contributed by atoms with Gasteiger partial charge in [0.25, 0.3) is 5.56 Å². The van der Waals surface area contributed by atoms with Gasteiger partial charge in [-0.3, -0.25) is 14.4 Å². The summed E-state index contributed by atoms with van der Waals surface area (Å²) < 4.78 is 12.9. The van der Waals surface area contributed by atoms with Crippen molar-refractivity contribution in [3.63, 3.8) is 0 Å². The van der Waals surface area contributed by atoms with Crippen molar-refractivity contribution in [1.82, 2.24) is 19.8 Å². The Bertz CT molecular complexity index is 1620. The summed E-state index contributed by atoms with van der Waals surface area (Å²) in [4.78, 5) is 59.7. The summed E-state index contributed by atoms with van der Waals surface area (Å²) in [6.45, 7) is 5.59. The van der Waals surface area contributed by atoms with Crippen LogP contribution in [-0.2, 0) is 42.6 Å². The highest BCUT2D eigenvalue weighted by atomic mass is 16.6. The number of rotatable bonds is 9. The SMILES string of the molecule is CC[C@@]1(OC(=O)CCC(=O)NCCCN2CCCCCC2)C(=O)OCc2c1cc1n(c2=O)Cc2cc3ccccc3nc2-1. The summed E-state index contributed by atoms with van der Waals surface area (Å²) in [5, 5.41) is 3.86. The minimum absolute atomic E-state index is 0.0541. The molecule has 0 bridgehead atoms. The van der Waals surface area contributed by atoms with E-state index in [0.29, 0.717) is 30.0 Å². The predicted octanol–water partition coefficient (Wildman–Crippen LogP) is 3.79. The molecule has 1 saturated heterocycles. The summed E-state index contributed by atoms with van der Waals surface area (Å²) in [5.74, 6) is -1.66. The van der Waals surface area contributed by atoms with Gasteiger partial charge >= 0.3 is 11.9 Å². The van der Waals surface area contributed by atoms with E-state index >= 15 is 0 Å². The minimum atomic E-state index is -1.78. The van der Waals surface area contributed by atoms with Crippen molar-refractivity contribution in [3.05, 3.63) is 63.4 Å². The number of nitrogens with one attached hydrogen (secondary N) is 1. The first-order valence-electron chi connectivity index (χ1n) is 15.4. The number of esters is 2. The van der Waals surface area contributed by atoms with Gasteiger partial charge in [0.15, 0.2) is 0 Å². The molecule has 0 aliphatic carbocycles. The van der Waals surface area contributed by atoms with E-state index < -0.39 is 17.5 Å². The molecule has 10 heteroatoms. The average Bonchev–Trinajstić information content (AvgIpc) is 3.17. The molecule has 43 heavy (non-hydrogen) atoms. The molecule has 1 amide bonds.